The van der Waals surface area contributed by atoms with Gasteiger partial charge in [-0.2, -0.15) is 0 Å². The summed E-state index contributed by atoms with van der Waals surface area (Å²) in [5.74, 6) is 1.05. The van der Waals surface area contributed by atoms with E-state index in [1.807, 2.05) is 4.90 Å². The van der Waals surface area contributed by atoms with E-state index in [-0.39, 0.29) is 24.8 Å². The number of carbonyl (C=O) groups is 3. The number of carbonyl (C=O) groups excluding carboxylic acids is 3. The molecule has 10 nitrogen and oxygen atoms in total. The number of anilines is 1. The average Bonchev–Trinajstić information content (AvgIpc) is 3.45. The van der Waals surface area contributed by atoms with Gasteiger partial charge in [-0.25, -0.2) is 4.79 Å². The van der Waals surface area contributed by atoms with Crippen LogP contribution in [0.15, 0.2) is 103 Å². The molecule has 2 aliphatic rings. The van der Waals surface area contributed by atoms with Crippen molar-refractivity contribution in [2.45, 2.75) is 32.7 Å². The summed E-state index contributed by atoms with van der Waals surface area (Å²) in [4.78, 5) is 42.3. The largest absolute Gasteiger partial charge is 0.494 e. The van der Waals surface area contributed by atoms with Gasteiger partial charge in [0.15, 0.2) is 6.61 Å². The minimum absolute atomic E-state index is 0.0563. The van der Waals surface area contributed by atoms with Crippen LogP contribution in [0.25, 0.3) is 22.2 Å². The van der Waals surface area contributed by atoms with Crippen LogP contribution in [0.3, 0.4) is 0 Å². The Morgan fingerprint density at radius 1 is 0.769 bits per heavy atom. The molecule has 2 fully saturated rings. The van der Waals surface area contributed by atoms with E-state index in [0.29, 0.717) is 37.7 Å². The lowest BCUT2D eigenvalue weighted by Crippen LogP contribution is -2.50. The second-order valence-electron chi connectivity index (χ2n) is 13.4. The molecule has 4 amide bonds. The van der Waals surface area contributed by atoms with E-state index in [1.54, 1.807) is 24.3 Å². The molecule has 5 aromatic rings. The Morgan fingerprint density at radius 3 is 2.33 bits per heavy atom. The summed E-state index contributed by atoms with van der Waals surface area (Å²) in [7, 11) is 0. The molecule has 0 saturated carbocycles. The third kappa shape index (κ3) is 8.13. The molecule has 52 heavy (non-hydrogen) atoms. The number of urea groups is 1. The number of piperazine rings is 1. The van der Waals surface area contributed by atoms with E-state index >= 15 is 0 Å². The first-order valence-electron chi connectivity index (χ1n) is 18.1. The summed E-state index contributed by atoms with van der Waals surface area (Å²) in [6.45, 7) is 7.86. The standard InChI is InChI=1S/C42H45N5O5/c1-31-37-14-5-6-15-38(37)47(41(31)33-10-3-2-4-11-33)29-32-16-18-35(19-17-32)51-27-8-7-21-44-23-25-45(26-24-44)40(49)30-52-36-13-9-12-34(28-36)46-22-20-39(48)43-42(46)50/h2-6,9-19,28H,7-8,20-27,29-30H2,1H3,(H,43,48,50). The molecule has 0 bridgehead atoms. The van der Waals surface area contributed by atoms with Gasteiger partial charge in [0.05, 0.1) is 12.3 Å². The number of para-hydroxylation sites is 1. The highest BCUT2D eigenvalue weighted by Crippen LogP contribution is 2.34. The van der Waals surface area contributed by atoms with Crippen LogP contribution >= 0.6 is 0 Å². The summed E-state index contributed by atoms with van der Waals surface area (Å²) >= 11 is 0. The van der Waals surface area contributed by atoms with E-state index in [2.05, 4.69) is 101 Å². The lowest BCUT2D eigenvalue weighted by molar-refractivity contribution is -0.135. The van der Waals surface area contributed by atoms with Crippen molar-refractivity contribution in [3.05, 3.63) is 114 Å². The van der Waals surface area contributed by atoms with Crippen molar-refractivity contribution in [3.63, 3.8) is 0 Å². The highest BCUT2D eigenvalue weighted by Gasteiger charge is 2.25. The fraction of sp³-hybridized carbons (Fsp3) is 0.310. The van der Waals surface area contributed by atoms with E-state index < -0.39 is 6.03 Å². The summed E-state index contributed by atoms with van der Waals surface area (Å²) in [5, 5.41) is 3.61. The molecule has 0 spiro atoms. The monoisotopic (exact) mass is 699 g/mol. The molecule has 0 radical (unpaired) electrons. The van der Waals surface area contributed by atoms with Crippen LogP contribution in [0, 0.1) is 6.92 Å². The van der Waals surface area contributed by atoms with Gasteiger partial charge < -0.3 is 18.9 Å². The number of unbranched alkanes of at least 4 members (excludes halogenated alkanes) is 1. The maximum absolute atomic E-state index is 12.9. The van der Waals surface area contributed by atoms with Crippen LogP contribution in [-0.4, -0.2) is 84.7 Å². The maximum Gasteiger partial charge on any atom is 0.328 e. The molecule has 4 aromatic carbocycles. The fourth-order valence-electron chi connectivity index (χ4n) is 7.12. The van der Waals surface area contributed by atoms with Gasteiger partial charge in [0.1, 0.15) is 11.5 Å². The van der Waals surface area contributed by atoms with Gasteiger partial charge >= 0.3 is 6.03 Å². The van der Waals surface area contributed by atoms with E-state index in [9.17, 15) is 14.4 Å². The summed E-state index contributed by atoms with van der Waals surface area (Å²) in [6.07, 6.45) is 2.23. The lowest BCUT2D eigenvalue weighted by Gasteiger charge is -2.34. The Kier molecular flexibility index (Phi) is 10.8. The van der Waals surface area contributed by atoms with Gasteiger partial charge in [-0.1, -0.05) is 66.7 Å². The van der Waals surface area contributed by atoms with Crippen LogP contribution < -0.4 is 19.7 Å². The van der Waals surface area contributed by atoms with E-state index in [4.69, 9.17) is 9.47 Å². The minimum atomic E-state index is -0.452. The van der Waals surface area contributed by atoms with Crippen LogP contribution in [0.5, 0.6) is 11.5 Å². The molecule has 2 aliphatic heterocycles. The molecule has 0 unspecified atom stereocenters. The van der Waals surface area contributed by atoms with Crippen molar-refractivity contribution >= 4 is 34.4 Å². The molecule has 10 heteroatoms. The van der Waals surface area contributed by atoms with Gasteiger partial charge in [0.2, 0.25) is 5.91 Å². The predicted octanol–water partition coefficient (Wildman–Crippen LogP) is 6.49. The molecule has 268 valence electrons. The van der Waals surface area contributed by atoms with Gasteiger partial charge in [-0.05, 0) is 73.3 Å². The van der Waals surface area contributed by atoms with Crippen LogP contribution in [-0.2, 0) is 16.1 Å². The topological polar surface area (TPSA) is 96.3 Å². The molecule has 2 saturated heterocycles. The first-order valence-corrected chi connectivity index (χ1v) is 18.1. The number of aromatic nitrogens is 1. The number of rotatable bonds is 13. The van der Waals surface area contributed by atoms with Crippen molar-refractivity contribution in [2.24, 2.45) is 0 Å². The van der Waals surface area contributed by atoms with Crippen molar-refractivity contribution in [3.8, 4) is 22.8 Å². The molecule has 1 aromatic heterocycles. The van der Waals surface area contributed by atoms with Crippen LogP contribution in [0.2, 0.25) is 0 Å². The second kappa shape index (κ2) is 16.2. The highest BCUT2D eigenvalue weighted by atomic mass is 16.5. The van der Waals surface area contributed by atoms with Crippen LogP contribution in [0.4, 0.5) is 10.5 Å². The molecule has 7 rings (SSSR count). The number of hydrogen-bond acceptors (Lipinski definition) is 6. The number of ether oxygens (including phenoxy) is 2. The van der Waals surface area contributed by atoms with Gasteiger partial charge in [-0.15, -0.1) is 0 Å². The Morgan fingerprint density at radius 2 is 1.54 bits per heavy atom. The molecule has 0 aliphatic carbocycles. The van der Waals surface area contributed by atoms with E-state index in [0.717, 1.165) is 44.8 Å². The smallest absolute Gasteiger partial charge is 0.328 e. The number of nitrogens with zero attached hydrogens (tertiary/aromatic N) is 4. The Labute approximate surface area is 304 Å². The number of hydrogen-bond donors (Lipinski definition) is 1. The Hall–Kier alpha value is -5.61. The third-order valence-corrected chi connectivity index (χ3v) is 9.94. The highest BCUT2D eigenvalue weighted by molar-refractivity contribution is 6.05. The summed E-state index contributed by atoms with van der Waals surface area (Å²) in [6, 6.07) is 34.3. The zero-order valence-corrected chi connectivity index (χ0v) is 29.6. The van der Waals surface area contributed by atoms with Gasteiger partial charge in [-0.3, -0.25) is 24.7 Å². The normalized spacial score (nSPS) is 15.2. The summed E-state index contributed by atoms with van der Waals surface area (Å²) in [5.41, 5.74) is 6.88. The number of fused-ring (bicyclic) bond motifs is 1. The number of benzene rings is 4. The molecule has 1 N–H and O–H groups in total. The van der Waals surface area contributed by atoms with Crippen LogP contribution in [0.1, 0.15) is 30.4 Å². The minimum Gasteiger partial charge on any atom is -0.494 e. The molecule has 3 heterocycles. The number of aryl methyl sites for hydroxylation is 1. The third-order valence-electron chi connectivity index (χ3n) is 9.94. The van der Waals surface area contributed by atoms with Gasteiger partial charge in [0.25, 0.3) is 5.91 Å². The zero-order valence-electron chi connectivity index (χ0n) is 29.6. The number of nitrogens with one attached hydrogen (secondary N) is 1. The first-order chi connectivity index (χ1) is 25.4. The fourth-order valence-corrected chi connectivity index (χ4v) is 7.12. The quantitative estimate of drug-likeness (QED) is 0.141. The number of imide groups is 1. The van der Waals surface area contributed by atoms with E-state index in [1.165, 1.54) is 38.2 Å². The summed E-state index contributed by atoms with van der Waals surface area (Å²) < 4.78 is 14.3. The number of amides is 4. The predicted molar refractivity (Wildman–Crippen MR) is 203 cm³/mol. The average molecular weight is 700 g/mol. The Bertz CT molecular complexity index is 2020. The first kappa shape index (κ1) is 34.8. The van der Waals surface area contributed by atoms with Crippen molar-refractivity contribution in [1.82, 2.24) is 19.7 Å². The molecular weight excluding hydrogens is 654 g/mol. The molecule has 0 atom stereocenters. The Balaban J connectivity index is 0.816. The zero-order chi connectivity index (χ0) is 35.9. The van der Waals surface area contributed by atoms with Crippen molar-refractivity contribution in [2.75, 3.05) is 57.4 Å². The van der Waals surface area contributed by atoms with Crippen molar-refractivity contribution < 1.29 is 23.9 Å². The SMILES string of the molecule is Cc1c(-c2ccccc2)n(Cc2ccc(OCCCCN3CCN(C(=O)COc4cccc(N5CCC(=O)NC5=O)c4)CC3)cc2)c2ccccc12. The second-order valence-corrected chi connectivity index (χ2v) is 13.4. The maximum atomic E-state index is 12.9. The van der Waals surface area contributed by atoms with Gasteiger partial charge in [0, 0.05) is 68.3 Å². The van der Waals surface area contributed by atoms with Crippen molar-refractivity contribution in [1.29, 1.82) is 0 Å². The molecular formula is C42H45N5O5. The lowest BCUT2D eigenvalue weighted by atomic mass is 10.1.